The zero-order valence-electron chi connectivity index (χ0n) is 12.1. The molecule has 6 nitrogen and oxygen atoms in total. The van der Waals surface area contributed by atoms with Gasteiger partial charge in [-0.1, -0.05) is 6.42 Å². The molecule has 1 saturated heterocycles. The lowest BCUT2D eigenvalue weighted by atomic mass is 10.0. The molecule has 2 rings (SSSR count). The normalized spacial score (nSPS) is 34.3. The number of hydrogen-bond acceptors (Lipinski definition) is 5. The van der Waals surface area contributed by atoms with Crippen molar-refractivity contribution in [2.75, 3.05) is 20.3 Å². The van der Waals surface area contributed by atoms with Crippen LogP contribution in [-0.2, 0) is 24.3 Å². The van der Waals surface area contributed by atoms with Crippen LogP contribution in [-0.4, -0.2) is 45.5 Å². The summed E-state index contributed by atoms with van der Waals surface area (Å²) in [5.41, 5.74) is -0.424. The topological polar surface area (TPSA) is 81.7 Å². The van der Waals surface area contributed by atoms with Crippen LogP contribution in [0.15, 0.2) is 0 Å². The number of ether oxygens (including phenoxy) is 2. The number of nitrogens with one attached hydrogen (secondary N) is 1. The lowest BCUT2D eigenvalue weighted by Gasteiger charge is -2.25. The second kappa shape index (κ2) is 5.99. The predicted molar refractivity (Wildman–Crippen MR) is 73.7 cm³/mol. The molecule has 7 heteroatoms. The van der Waals surface area contributed by atoms with Crippen molar-refractivity contribution in [1.29, 1.82) is 0 Å². The van der Waals surface area contributed by atoms with E-state index in [4.69, 9.17) is 9.47 Å². The Hall–Kier alpha value is -0.660. The van der Waals surface area contributed by atoms with Crippen molar-refractivity contribution < 1.29 is 22.7 Å². The molecule has 0 aromatic rings. The Morgan fingerprint density at radius 2 is 2.15 bits per heavy atom. The van der Waals surface area contributed by atoms with Gasteiger partial charge in [0.25, 0.3) is 0 Å². The third-order valence-corrected chi connectivity index (χ3v) is 6.21. The minimum absolute atomic E-state index is 0.264. The van der Waals surface area contributed by atoms with Gasteiger partial charge in [0.15, 0.2) is 0 Å². The van der Waals surface area contributed by atoms with Gasteiger partial charge >= 0.3 is 5.97 Å². The van der Waals surface area contributed by atoms with E-state index in [1.54, 1.807) is 0 Å². The highest BCUT2D eigenvalue weighted by Crippen LogP contribution is 2.32. The van der Waals surface area contributed by atoms with E-state index < -0.39 is 32.8 Å². The number of hydrogen-bond donors (Lipinski definition) is 1. The first-order chi connectivity index (χ1) is 9.38. The standard InChI is InChI=1S/C13H23NO5S/c1-13(7-4-8-19-13)9-14-20(16,17)11-6-3-5-10(11)12(15)18-2/h10-11,14H,3-9H2,1-2H3. The highest BCUT2D eigenvalue weighted by Gasteiger charge is 2.43. The van der Waals surface area contributed by atoms with Crippen LogP contribution < -0.4 is 4.72 Å². The first-order valence-corrected chi connectivity index (χ1v) is 8.63. The van der Waals surface area contributed by atoms with Crippen molar-refractivity contribution >= 4 is 16.0 Å². The van der Waals surface area contributed by atoms with E-state index in [1.165, 1.54) is 7.11 Å². The summed E-state index contributed by atoms with van der Waals surface area (Å²) in [5, 5.41) is -0.681. The van der Waals surface area contributed by atoms with Gasteiger partial charge in [-0.3, -0.25) is 4.79 Å². The lowest BCUT2D eigenvalue weighted by Crippen LogP contribution is -2.45. The molecule has 0 bridgehead atoms. The highest BCUT2D eigenvalue weighted by molar-refractivity contribution is 7.90. The Kier molecular flexibility index (Phi) is 4.71. The fourth-order valence-electron chi connectivity index (χ4n) is 3.06. The second-order valence-electron chi connectivity index (χ2n) is 5.87. The summed E-state index contributed by atoms with van der Waals surface area (Å²) in [6.07, 6.45) is 3.62. The van der Waals surface area contributed by atoms with E-state index in [-0.39, 0.29) is 6.54 Å². The van der Waals surface area contributed by atoms with Gasteiger partial charge < -0.3 is 9.47 Å². The summed E-state index contributed by atoms with van der Waals surface area (Å²) in [6.45, 7) is 2.85. The molecule has 2 aliphatic rings. The van der Waals surface area contributed by atoms with Crippen molar-refractivity contribution in [2.24, 2.45) is 5.92 Å². The molecular weight excluding hydrogens is 282 g/mol. The number of sulfonamides is 1. The summed E-state index contributed by atoms with van der Waals surface area (Å²) in [6, 6.07) is 0. The second-order valence-corrected chi connectivity index (χ2v) is 7.85. The van der Waals surface area contributed by atoms with Crippen molar-refractivity contribution in [3.05, 3.63) is 0 Å². The zero-order valence-corrected chi connectivity index (χ0v) is 12.9. The summed E-state index contributed by atoms with van der Waals surface area (Å²) in [7, 11) is -2.22. The molecule has 1 saturated carbocycles. The summed E-state index contributed by atoms with van der Waals surface area (Å²) in [4.78, 5) is 11.7. The van der Waals surface area contributed by atoms with Crippen LogP contribution in [0.1, 0.15) is 39.0 Å². The highest BCUT2D eigenvalue weighted by atomic mass is 32.2. The molecule has 2 fully saturated rings. The average Bonchev–Trinajstić information content (AvgIpc) is 3.05. The summed E-state index contributed by atoms with van der Waals surface area (Å²) >= 11 is 0. The predicted octanol–water partition coefficient (Wildman–Crippen LogP) is 0.817. The van der Waals surface area contributed by atoms with Crippen molar-refractivity contribution in [1.82, 2.24) is 4.72 Å². The number of esters is 1. The van der Waals surface area contributed by atoms with Gasteiger partial charge in [0.2, 0.25) is 10.0 Å². The fraction of sp³-hybridized carbons (Fsp3) is 0.923. The van der Waals surface area contributed by atoms with E-state index in [9.17, 15) is 13.2 Å². The first kappa shape index (κ1) is 15.7. The molecule has 1 aliphatic heterocycles. The maximum atomic E-state index is 12.4. The zero-order chi connectivity index (χ0) is 14.8. The van der Waals surface area contributed by atoms with Crippen LogP contribution in [0.3, 0.4) is 0 Å². The van der Waals surface area contributed by atoms with Gasteiger partial charge in [0.1, 0.15) is 0 Å². The molecule has 3 atom stereocenters. The van der Waals surface area contributed by atoms with Gasteiger partial charge in [0.05, 0.1) is 23.9 Å². The van der Waals surface area contributed by atoms with Gasteiger partial charge in [-0.15, -0.1) is 0 Å². The first-order valence-electron chi connectivity index (χ1n) is 7.08. The van der Waals surface area contributed by atoms with Crippen LogP contribution in [0.4, 0.5) is 0 Å². The quantitative estimate of drug-likeness (QED) is 0.760. The SMILES string of the molecule is COC(=O)C1CCCC1S(=O)(=O)NCC1(C)CCCO1. The van der Waals surface area contributed by atoms with Crippen LogP contribution in [0.5, 0.6) is 0 Å². The molecule has 3 unspecified atom stereocenters. The van der Waals surface area contributed by atoms with Crippen LogP contribution in [0.25, 0.3) is 0 Å². The molecule has 1 N–H and O–H groups in total. The molecule has 1 heterocycles. The van der Waals surface area contributed by atoms with Crippen LogP contribution >= 0.6 is 0 Å². The largest absolute Gasteiger partial charge is 0.469 e. The maximum absolute atomic E-state index is 12.4. The monoisotopic (exact) mass is 305 g/mol. The Labute approximate surface area is 120 Å². The Bertz CT molecular complexity index is 455. The molecule has 20 heavy (non-hydrogen) atoms. The minimum Gasteiger partial charge on any atom is -0.469 e. The van der Waals surface area contributed by atoms with E-state index in [1.807, 2.05) is 6.92 Å². The fourth-order valence-corrected chi connectivity index (χ4v) is 4.93. The van der Waals surface area contributed by atoms with Gasteiger partial charge in [-0.05, 0) is 32.6 Å². The molecule has 0 aromatic carbocycles. The Morgan fingerprint density at radius 1 is 1.40 bits per heavy atom. The average molecular weight is 305 g/mol. The Balaban J connectivity index is 2.00. The van der Waals surface area contributed by atoms with E-state index in [0.717, 1.165) is 19.3 Å². The van der Waals surface area contributed by atoms with Crippen LogP contribution in [0.2, 0.25) is 0 Å². The molecule has 0 amide bonds. The molecule has 0 aromatic heterocycles. The molecular formula is C13H23NO5S. The molecule has 0 spiro atoms. The van der Waals surface area contributed by atoms with Crippen LogP contribution in [0, 0.1) is 5.92 Å². The van der Waals surface area contributed by atoms with E-state index >= 15 is 0 Å². The smallest absolute Gasteiger partial charge is 0.310 e. The molecule has 1 aliphatic carbocycles. The third kappa shape index (κ3) is 3.32. The summed E-state index contributed by atoms with van der Waals surface area (Å²) < 4.78 is 37.7. The van der Waals surface area contributed by atoms with Gasteiger partial charge in [0, 0.05) is 13.2 Å². The maximum Gasteiger partial charge on any atom is 0.310 e. The van der Waals surface area contributed by atoms with E-state index in [0.29, 0.717) is 19.4 Å². The number of carbonyl (C=O) groups excluding carboxylic acids is 1. The number of methoxy groups -OCH3 is 1. The molecule has 0 radical (unpaired) electrons. The number of rotatable bonds is 5. The van der Waals surface area contributed by atoms with Crippen molar-refractivity contribution in [3.63, 3.8) is 0 Å². The van der Waals surface area contributed by atoms with E-state index in [2.05, 4.69) is 4.72 Å². The number of carbonyl (C=O) groups is 1. The minimum atomic E-state index is -3.52. The van der Waals surface area contributed by atoms with Gasteiger partial charge in [-0.25, -0.2) is 13.1 Å². The van der Waals surface area contributed by atoms with Crippen molar-refractivity contribution in [3.8, 4) is 0 Å². The summed E-state index contributed by atoms with van der Waals surface area (Å²) in [5.74, 6) is -0.976. The van der Waals surface area contributed by atoms with Crippen molar-refractivity contribution in [2.45, 2.75) is 49.9 Å². The third-order valence-electron chi connectivity index (χ3n) is 4.30. The van der Waals surface area contributed by atoms with Gasteiger partial charge in [-0.2, -0.15) is 0 Å². The lowest BCUT2D eigenvalue weighted by molar-refractivity contribution is -0.145. The molecule has 116 valence electrons. The Morgan fingerprint density at radius 3 is 2.75 bits per heavy atom.